The van der Waals surface area contributed by atoms with E-state index in [0.29, 0.717) is 15.7 Å². The molecule has 11 nitrogen and oxygen atoms in total. The summed E-state index contributed by atoms with van der Waals surface area (Å²) in [5.41, 5.74) is -1.98. The van der Waals surface area contributed by atoms with Crippen LogP contribution in [-0.4, -0.2) is 46.8 Å². The number of benzene rings is 2. The summed E-state index contributed by atoms with van der Waals surface area (Å²) in [5.74, 6) is -3.44. The summed E-state index contributed by atoms with van der Waals surface area (Å²) in [5, 5.41) is 15.7. The maximum absolute atomic E-state index is 13.2. The molecule has 0 saturated carbocycles. The lowest BCUT2D eigenvalue weighted by Gasteiger charge is -2.19. The van der Waals surface area contributed by atoms with Crippen LogP contribution in [0, 0.1) is 13.7 Å². The molecular weight excluding hydrogens is 563 g/mol. The van der Waals surface area contributed by atoms with Gasteiger partial charge in [0.2, 0.25) is 0 Å². The molecule has 2 aromatic rings. The fraction of sp³-hybridized carbons (Fsp3) is 0.125. The lowest BCUT2D eigenvalue weighted by atomic mass is 10.1. The zero-order chi connectivity index (χ0) is 23.6. The van der Waals surface area contributed by atoms with Gasteiger partial charge in [-0.1, -0.05) is 0 Å². The molecule has 166 valence electrons. The molecule has 0 aromatic heterocycles. The van der Waals surface area contributed by atoms with Crippen molar-refractivity contribution < 1.29 is 50.8 Å². The van der Waals surface area contributed by atoms with Crippen molar-refractivity contribution in [3.63, 3.8) is 0 Å². The molecule has 0 unspecified atom stereocenters. The van der Waals surface area contributed by atoms with Gasteiger partial charge in [-0.15, -0.1) is 0 Å². The van der Waals surface area contributed by atoms with Crippen LogP contribution in [0.25, 0.3) is 0 Å². The van der Waals surface area contributed by atoms with Gasteiger partial charge in [0.15, 0.2) is 16.7 Å². The normalized spacial score (nSPS) is 11.6. The number of halogens is 3. The van der Waals surface area contributed by atoms with Gasteiger partial charge >= 0.3 is 17.2 Å². The first kappa shape index (κ1) is 24.4. The van der Waals surface area contributed by atoms with Crippen LogP contribution in [0.5, 0.6) is 11.5 Å². The monoisotopic (exact) mass is 572 g/mol. The zero-order valence-corrected chi connectivity index (χ0v) is 17.8. The Bertz CT molecular complexity index is 1170. The second-order valence-electron chi connectivity index (χ2n) is 5.66. The fourth-order valence-corrected chi connectivity index (χ4v) is 2.55. The SMILES string of the molecule is O=C(Oc1ccc([N+](=O)[O-])c(C(=O)OCC(F)(F)S(=O)(=O)[O-])c1)c1ccc(I)c(O)c1. The zero-order valence-electron chi connectivity index (χ0n) is 14.8. The minimum absolute atomic E-state index is 0.110. The number of rotatable bonds is 7. The van der Waals surface area contributed by atoms with Gasteiger partial charge in [0, 0.05) is 12.1 Å². The number of aromatic hydroxyl groups is 1. The molecule has 0 heterocycles. The number of nitro benzene ring substituents is 1. The Hall–Kier alpha value is -2.92. The Labute approximate surface area is 185 Å². The predicted molar refractivity (Wildman–Crippen MR) is 104 cm³/mol. The number of nitro groups is 1. The number of hydrogen-bond acceptors (Lipinski definition) is 10. The van der Waals surface area contributed by atoms with E-state index in [4.69, 9.17) is 4.74 Å². The van der Waals surface area contributed by atoms with Crippen molar-refractivity contribution in [2.75, 3.05) is 6.61 Å². The van der Waals surface area contributed by atoms with E-state index in [2.05, 4.69) is 4.74 Å². The van der Waals surface area contributed by atoms with Gasteiger partial charge in [-0.05, 0) is 46.9 Å². The van der Waals surface area contributed by atoms with Crippen molar-refractivity contribution in [1.82, 2.24) is 0 Å². The number of carbonyl (C=O) groups is 2. The fourth-order valence-electron chi connectivity index (χ4n) is 2.01. The molecule has 1 N–H and O–H groups in total. The van der Waals surface area contributed by atoms with Gasteiger partial charge in [-0.2, -0.15) is 8.78 Å². The van der Waals surface area contributed by atoms with Crippen LogP contribution in [0.2, 0.25) is 0 Å². The number of nitrogens with zero attached hydrogens (tertiary/aromatic N) is 1. The second kappa shape index (κ2) is 9.06. The van der Waals surface area contributed by atoms with Gasteiger partial charge in [-0.3, -0.25) is 10.1 Å². The number of phenolic OH excluding ortho intramolecular Hbond substituents is 1. The van der Waals surface area contributed by atoms with Crippen LogP contribution in [-0.2, 0) is 14.9 Å². The van der Waals surface area contributed by atoms with Crippen LogP contribution in [0.4, 0.5) is 14.5 Å². The summed E-state index contributed by atoms with van der Waals surface area (Å²) in [7, 11) is -6.15. The number of carbonyl (C=O) groups excluding carboxylic acids is 2. The van der Waals surface area contributed by atoms with E-state index < -0.39 is 55.8 Å². The maximum atomic E-state index is 13.2. The summed E-state index contributed by atoms with van der Waals surface area (Å²) in [6.07, 6.45) is 0. The number of alkyl halides is 2. The van der Waals surface area contributed by atoms with Crippen molar-refractivity contribution in [2.24, 2.45) is 0 Å². The highest BCUT2D eigenvalue weighted by molar-refractivity contribution is 14.1. The predicted octanol–water partition coefficient (Wildman–Crippen LogP) is 2.42. The Morgan fingerprint density at radius 1 is 1.16 bits per heavy atom. The molecule has 0 spiro atoms. The molecule has 0 aliphatic carbocycles. The van der Waals surface area contributed by atoms with E-state index in [1.54, 1.807) is 22.6 Å². The number of hydrogen-bond donors (Lipinski definition) is 1. The van der Waals surface area contributed by atoms with Crippen molar-refractivity contribution in [1.29, 1.82) is 0 Å². The number of ether oxygens (including phenoxy) is 2. The first-order valence-electron chi connectivity index (χ1n) is 7.72. The van der Waals surface area contributed by atoms with Crippen LogP contribution >= 0.6 is 22.6 Å². The summed E-state index contributed by atoms with van der Waals surface area (Å²) in [6.45, 7) is -2.18. The van der Waals surface area contributed by atoms with E-state index in [-0.39, 0.29) is 11.3 Å². The quantitative estimate of drug-likeness (QED) is 0.130. The van der Waals surface area contributed by atoms with Crippen LogP contribution in [0.1, 0.15) is 20.7 Å². The highest BCUT2D eigenvalue weighted by atomic mass is 127. The first-order valence-corrected chi connectivity index (χ1v) is 10.2. The lowest BCUT2D eigenvalue weighted by molar-refractivity contribution is -0.385. The number of phenols is 1. The molecule has 0 atom stereocenters. The topological polar surface area (TPSA) is 173 Å². The second-order valence-corrected chi connectivity index (χ2v) is 8.33. The molecule has 2 aromatic carbocycles. The van der Waals surface area contributed by atoms with Crippen LogP contribution < -0.4 is 4.74 Å². The molecule has 0 fully saturated rings. The van der Waals surface area contributed by atoms with E-state index >= 15 is 0 Å². The molecule has 0 aliphatic rings. The van der Waals surface area contributed by atoms with Crippen molar-refractivity contribution in [3.05, 3.63) is 61.2 Å². The van der Waals surface area contributed by atoms with Crippen LogP contribution in [0.3, 0.4) is 0 Å². The van der Waals surface area contributed by atoms with Crippen molar-refractivity contribution in [2.45, 2.75) is 5.25 Å². The molecule has 0 aliphatic heterocycles. The third-order valence-corrected chi connectivity index (χ3v) is 5.28. The minimum Gasteiger partial charge on any atom is -0.743 e. The molecule has 0 saturated heterocycles. The van der Waals surface area contributed by atoms with Crippen molar-refractivity contribution in [3.8, 4) is 11.5 Å². The summed E-state index contributed by atoms with van der Waals surface area (Å²) in [6, 6.07) is 6.05. The first-order chi connectivity index (χ1) is 14.2. The molecule has 15 heteroatoms. The van der Waals surface area contributed by atoms with E-state index in [1.807, 2.05) is 0 Å². The Morgan fingerprint density at radius 2 is 1.81 bits per heavy atom. The van der Waals surface area contributed by atoms with Gasteiger partial charge in [0.25, 0.3) is 5.69 Å². The summed E-state index contributed by atoms with van der Waals surface area (Å²) < 4.78 is 67.1. The molecular formula is C16H9F2INO10S-. The molecule has 2 rings (SSSR count). The molecule has 0 amide bonds. The summed E-state index contributed by atoms with van der Waals surface area (Å²) in [4.78, 5) is 34.2. The van der Waals surface area contributed by atoms with Gasteiger partial charge in [0.05, 0.1) is 14.1 Å². The minimum atomic E-state index is -6.15. The van der Waals surface area contributed by atoms with Gasteiger partial charge in [0.1, 0.15) is 17.1 Å². The molecule has 31 heavy (non-hydrogen) atoms. The standard InChI is InChI=1S/C16H10F2INO10S/c17-16(18,31(26,27)28)7-29-15(23)10-6-9(2-4-12(10)20(24)25)30-14(22)8-1-3-11(19)13(21)5-8/h1-6,21H,7H2,(H,26,27,28)/p-1. The highest BCUT2D eigenvalue weighted by Gasteiger charge is 2.40. The smallest absolute Gasteiger partial charge is 0.367 e. The lowest BCUT2D eigenvalue weighted by Crippen LogP contribution is -2.34. The molecule has 0 bridgehead atoms. The van der Waals surface area contributed by atoms with E-state index in [0.717, 1.165) is 12.1 Å². The van der Waals surface area contributed by atoms with E-state index in [9.17, 15) is 46.6 Å². The maximum Gasteiger partial charge on any atom is 0.367 e. The Balaban J connectivity index is 2.29. The average molecular weight is 572 g/mol. The third-order valence-electron chi connectivity index (χ3n) is 3.51. The average Bonchev–Trinajstić information content (AvgIpc) is 2.67. The van der Waals surface area contributed by atoms with Gasteiger partial charge in [-0.25, -0.2) is 18.0 Å². The molecule has 0 radical (unpaired) electrons. The largest absolute Gasteiger partial charge is 0.743 e. The Morgan fingerprint density at radius 3 is 2.35 bits per heavy atom. The Kier molecular flexibility index (Phi) is 7.12. The van der Waals surface area contributed by atoms with E-state index in [1.165, 1.54) is 12.1 Å². The van der Waals surface area contributed by atoms with Crippen LogP contribution in [0.15, 0.2) is 36.4 Å². The number of esters is 2. The van der Waals surface area contributed by atoms with Crippen molar-refractivity contribution >= 4 is 50.3 Å². The van der Waals surface area contributed by atoms with Gasteiger partial charge < -0.3 is 19.1 Å². The summed E-state index contributed by atoms with van der Waals surface area (Å²) >= 11 is 1.80. The highest BCUT2D eigenvalue weighted by Crippen LogP contribution is 2.28. The third kappa shape index (κ3) is 5.82.